The summed E-state index contributed by atoms with van der Waals surface area (Å²) in [6, 6.07) is 31.2. The molecule has 11 nitrogen and oxygen atoms in total. The van der Waals surface area contributed by atoms with Crippen molar-refractivity contribution in [1.82, 2.24) is 20.3 Å². The van der Waals surface area contributed by atoms with Crippen LogP contribution in [0.2, 0.25) is 5.02 Å². The van der Waals surface area contributed by atoms with Crippen molar-refractivity contribution in [3.8, 4) is 62.1 Å². The van der Waals surface area contributed by atoms with Gasteiger partial charge in [-0.1, -0.05) is 48.0 Å². The number of nitrogens with two attached hydrogens (primary N) is 2. The van der Waals surface area contributed by atoms with Crippen molar-refractivity contribution in [2.75, 3.05) is 5.73 Å². The number of imidazole rings is 1. The number of pyridine rings is 1. The van der Waals surface area contributed by atoms with Crippen LogP contribution in [0.5, 0.6) is 5.75 Å². The molecule has 1 aliphatic carbocycles. The summed E-state index contributed by atoms with van der Waals surface area (Å²) in [5, 5.41) is 30.9. The molecule has 0 saturated heterocycles. The summed E-state index contributed by atoms with van der Waals surface area (Å²) in [6.45, 7) is 0.192. The minimum absolute atomic E-state index is 0.0485. The van der Waals surface area contributed by atoms with Crippen LogP contribution in [0.3, 0.4) is 0 Å². The first-order chi connectivity index (χ1) is 26.1. The first-order valence-electron chi connectivity index (χ1n) is 16.7. The molecule has 3 heterocycles. The second kappa shape index (κ2) is 13.7. The molecule has 0 saturated carbocycles. The molecular formula is C42H30ClN6O5+. The normalized spacial score (nSPS) is 11.2. The van der Waals surface area contributed by atoms with Gasteiger partial charge in [0.1, 0.15) is 22.9 Å². The molecule has 0 fully saturated rings. The Labute approximate surface area is 312 Å². The number of aromatic amines is 1. The maximum atomic E-state index is 13.4. The van der Waals surface area contributed by atoms with Crippen molar-refractivity contribution in [1.29, 1.82) is 0 Å². The minimum atomic E-state index is -1.19. The molecule has 264 valence electrons. The fourth-order valence-electron chi connectivity index (χ4n) is 6.47. The van der Waals surface area contributed by atoms with Gasteiger partial charge in [-0.3, -0.25) is 15.2 Å². The van der Waals surface area contributed by atoms with E-state index in [0.717, 1.165) is 22.4 Å². The van der Waals surface area contributed by atoms with Crippen LogP contribution >= 0.6 is 11.6 Å². The molecule has 8 rings (SSSR count). The van der Waals surface area contributed by atoms with E-state index in [-0.39, 0.29) is 28.4 Å². The molecule has 6 aromatic rings. The molecule has 0 radical (unpaired) electrons. The van der Waals surface area contributed by atoms with Gasteiger partial charge in [0.25, 0.3) is 5.91 Å². The molecule has 0 atom stereocenters. The number of hydrogen-bond acceptors (Lipinski definition) is 7. The Morgan fingerprint density at radius 2 is 1.61 bits per heavy atom. The number of halogens is 1. The molecule has 1 aliphatic heterocycles. The lowest BCUT2D eigenvalue weighted by molar-refractivity contribution is -0.172. The molecule has 2 aromatic heterocycles. The number of carbonyl (C=O) groups excluding carboxylic acids is 1. The SMILES string of the molecule is Nc1ccc2c(-c3ccc(C(=O)NCc4ccc(-c5nc(-c6ccc(Cl)c(O)c6)c(-c6ccncc6)[nH]5)cc4)cc3C(=O)O)c3ccc(=[NH2+])cc-3oc2c1. The largest absolute Gasteiger partial charge is 0.506 e. The van der Waals surface area contributed by atoms with E-state index in [0.29, 0.717) is 61.5 Å². The highest BCUT2D eigenvalue weighted by atomic mass is 35.5. The highest BCUT2D eigenvalue weighted by Crippen LogP contribution is 2.42. The maximum absolute atomic E-state index is 13.4. The summed E-state index contributed by atoms with van der Waals surface area (Å²) in [7, 11) is 0. The van der Waals surface area contributed by atoms with Crippen LogP contribution in [-0.2, 0) is 6.54 Å². The van der Waals surface area contributed by atoms with E-state index in [2.05, 4.69) is 15.3 Å². The van der Waals surface area contributed by atoms with E-state index >= 15 is 0 Å². The maximum Gasteiger partial charge on any atom is 0.336 e. The van der Waals surface area contributed by atoms with Gasteiger partial charge in [0.2, 0.25) is 0 Å². The van der Waals surface area contributed by atoms with Gasteiger partial charge in [0, 0.05) is 75.5 Å². The number of aromatic hydroxyl groups is 1. The Balaban J connectivity index is 1.05. The smallest absolute Gasteiger partial charge is 0.336 e. The number of carboxylic acids is 1. The lowest BCUT2D eigenvalue weighted by atomic mass is 9.89. The zero-order valence-electron chi connectivity index (χ0n) is 28.3. The number of hydrogen-bond donors (Lipinski definition) is 6. The monoisotopic (exact) mass is 733 g/mol. The van der Waals surface area contributed by atoms with Crippen molar-refractivity contribution < 1.29 is 29.6 Å². The number of carboxylic acid groups (broad SMARTS) is 1. The zero-order chi connectivity index (χ0) is 37.5. The third-order valence-corrected chi connectivity index (χ3v) is 9.44. The number of nitrogens with one attached hydrogen (secondary N) is 2. The molecule has 12 heteroatoms. The van der Waals surface area contributed by atoms with E-state index in [1.165, 1.54) is 6.07 Å². The van der Waals surface area contributed by atoms with Gasteiger partial charge in [-0.25, -0.2) is 9.78 Å². The van der Waals surface area contributed by atoms with E-state index in [4.69, 9.17) is 32.1 Å². The number of fused-ring (bicyclic) bond motifs is 2. The van der Waals surface area contributed by atoms with E-state index < -0.39 is 11.9 Å². The number of rotatable bonds is 8. The molecule has 2 aliphatic rings. The Hall–Kier alpha value is -7.24. The van der Waals surface area contributed by atoms with Crippen LogP contribution in [0.15, 0.2) is 126 Å². The number of amides is 1. The molecular weight excluding hydrogens is 704 g/mol. The molecule has 0 bridgehead atoms. The first kappa shape index (κ1) is 33.9. The molecule has 1 amide bonds. The second-order valence-electron chi connectivity index (χ2n) is 12.6. The van der Waals surface area contributed by atoms with Gasteiger partial charge in [-0.05, 0) is 65.7 Å². The Bertz CT molecular complexity index is 2780. The number of anilines is 1. The number of H-pyrrole nitrogens is 1. The van der Waals surface area contributed by atoms with E-state index in [1.807, 2.05) is 36.4 Å². The van der Waals surface area contributed by atoms with Crippen LogP contribution < -0.4 is 21.8 Å². The summed E-state index contributed by atoms with van der Waals surface area (Å²) in [5.74, 6) is -0.606. The number of phenols is 1. The molecule has 0 unspecified atom stereocenters. The van der Waals surface area contributed by atoms with Crippen LogP contribution in [0.1, 0.15) is 26.3 Å². The van der Waals surface area contributed by atoms with Crippen molar-refractivity contribution in [3.05, 3.63) is 149 Å². The lowest BCUT2D eigenvalue weighted by Crippen LogP contribution is -2.44. The van der Waals surface area contributed by atoms with Gasteiger partial charge in [-0.2, -0.15) is 0 Å². The summed E-state index contributed by atoms with van der Waals surface area (Å²) >= 11 is 6.07. The van der Waals surface area contributed by atoms with Crippen LogP contribution in [0, 0.1) is 0 Å². The highest BCUT2D eigenvalue weighted by Gasteiger charge is 2.23. The third kappa shape index (κ3) is 6.40. The predicted octanol–water partition coefficient (Wildman–Crippen LogP) is 6.55. The predicted molar refractivity (Wildman–Crippen MR) is 205 cm³/mol. The highest BCUT2D eigenvalue weighted by molar-refractivity contribution is 6.32. The average Bonchev–Trinajstić information content (AvgIpc) is 3.63. The number of nitrogen functional groups attached to an aromatic ring is 1. The first-order valence-corrected chi connectivity index (χ1v) is 17.1. The summed E-state index contributed by atoms with van der Waals surface area (Å²) in [4.78, 5) is 38.5. The molecule has 54 heavy (non-hydrogen) atoms. The minimum Gasteiger partial charge on any atom is -0.506 e. The zero-order valence-corrected chi connectivity index (χ0v) is 29.1. The number of benzene rings is 5. The topological polar surface area (TPSA) is 193 Å². The number of aromatic carboxylic acids is 1. The Morgan fingerprint density at radius 1 is 0.852 bits per heavy atom. The van der Waals surface area contributed by atoms with Crippen molar-refractivity contribution in [3.63, 3.8) is 0 Å². The number of carbonyl (C=O) groups is 2. The average molecular weight is 734 g/mol. The van der Waals surface area contributed by atoms with Crippen LogP contribution in [0.4, 0.5) is 5.69 Å². The molecule has 0 spiro atoms. The molecule has 8 N–H and O–H groups in total. The standard InChI is InChI=1S/C42H29ClN6O5/c43-33-12-6-25(18-34(33)50)39-38(23-13-15-46-16-14-23)48-40(49-39)24-3-1-22(2-4-24)21-47-41(51)26-5-9-29(32(17-26)42(52)53)37-30-10-7-27(44)19-35(30)54-36-20-28(45)8-11-31(36)37/h1-20,44,50H,21,45H2,(H,47,51)(H,48,49)(H,52,53)/p+1. The van der Waals surface area contributed by atoms with Gasteiger partial charge in [-0.15, -0.1) is 0 Å². The number of aromatic nitrogens is 3. The fraction of sp³-hybridized carbons (Fsp3) is 0.0238. The van der Waals surface area contributed by atoms with E-state index in [9.17, 15) is 19.8 Å². The Kier molecular flexibility index (Phi) is 8.60. The Morgan fingerprint density at radius 3 is 2.37 bits per heavy atom. The quantitative estimate of drug-likeness (QED) is 0.0747. The van der Waals surface area contributed by atoms with Crippen LogP contribution in [0.25, 0.3) is 67.3 Å². The van der Waals surface area contributed by atoms with Crippen molar-refractivity contribution >= 4 is 40.1 Å². The summed E-state index contributed by atoms with van der Waals surface area (Å²) in [5.41, 5.74) is 13.4. The van der Waals surface area contributed by atoms with Gasteiger partial charge >= 0.3 is 5.97 Å². The van der Waals surface area contributed by atoms with Gasteiger partial charge in [0.05, 0.1) is 28.0 Å². The third-order valence-electron chi connectivity index (χ3n) is 9.12. The lowest BCUT2D eigenvalue weighted by Gasteiger charge is -2.17. The second-order valence-corrected chi connectivity index (χ2v) is 13.1. The van der Waals surface area contributed by atoms with Gasteiger partial charge < -0.3 is 30.7 Å². The number of nitrogens with zero attached hydrogens (tertiary/aromatic N) is 2. The van der Waals surface area contributed by atoms with Crippen molar-refractivity contribution in [2.24, 2.45) is 0 Å². The molecule has 4 aromatic carbocycles. The van der Waals surface area contributed by atoms with E-state index in [1.54, 1.807) is 79.1 Å². The van der Waals surface area contributed by atoms with Gasteiger partial charge in [0.15, 0.2) is 5.36 Å². The fourth-order valence-corrected chi connectivity index (χ4v) is 6.58. The van der Waals surface area contributed by atoms with Crippen LogP contribution in [-0.4, -0.2) is 37.0 Å². The summed E-state index contributed by atoms with van der Waals surface area (Å²) < 4.78 is 6.10. The number of phenolic OH excluding ortho intramolecular Hbond substituents is 1. The van der Waals surface area contributed by atoms with Crippen molar-refractivity contribution in [2.45, 2.75) is 6.54 Å². The summed E-state index contributed by atoms with van der Waals surface area (Å²) in [6.07, 6.45) is 3.38.